The van der Waals surface area contributed by atoms with Crippen LogP contribution in [-0.2, 0) is 23.9 Å². The fraction of sp³-hybridized carbons (Fsp3) is 0.389. The third kappa shape index (κ3) is 6.64. The Labute approximate surface area is 141 Å². The molecule has 0 spiro atoms. The Balaban J connectivity index is 2.53. The molecule has 6 heteroatoms. The van der Waals surface area contributed by atoms with E-state index >= 15 is 0 Å². The van der Waals surface area contributed by atoms with E-state index in [1.165, 1.54) is 0 Å². The maximum atomic E-state index is 11.9. The zero-order chi connectivity index (χ0) is 17.9. The van der Waals surface area contributed by atoms with E-state index in [1.54, 1.807) is 6.92 Å². The van der Waals surface area contributed by atoms with Gasteiger partial charge in [-0.25, -0.2) is 9.59 Å². The van der Waals surface area contributed by atoms with Gasteiger partial charge in [0.05, 0.1) is 6.61 Å². The van der Waals surface area contributed by atoms with Crippen LogP contribution in [0.3, 0.4) is 0 Å². The van der Waals surface area contributed by atoms with Crippen LogP contribution in [0, 0.1) is 0 Å². The van der Waals surface area contributed by atoms with Crippen LogP contribution < -0.4 is 5.32 Å². The number of ether oxygens (including phenoxy) is 2. The van der Waals surface area contributed by atoms with Crippen LogP contribution >= 0.6 is 0 Å². The van der Waals surface area contributed by atoms with Gasteiger partial charge in [0.25, 0.3) is 5.91 Å². The summed E-state index contributed by atoms with van der Waals surface area (Å²) in [6.07, 6.45) is 2.83. The minimum absolute atomic E-state index is 0.218. The first-order chi connectivity index (χ1) is 11.5. The highest BCUT2D eigenvalue weighted by Crippen LogP contribution is 2.26. The van der Waals surface area contributed by atoms with Gasteiger partial charge in [-0.05, 0) is 30.9 Å². The largest absolute Gasteiger partial charge is 0.463 e. The van der Waals surface area contributed by atoms with E-state index in [0.29, 0.717) is 11.6 Å². The van der Waals surface area contributed by atoms with E-state index in [9.17, 15) is 14.4 Å². The van der Waals surface area contributed by atoms with Gasteiger partial charge < -0.3 is 14.8 Å². The normalized spacial score (nSPS) is 11.8. The van der Waals surface area contributed by atoms with Gasteiger partial charge in [0.2, 0.25) is 0 Å². The number of carbonyl (C=O) groups excluding carboxylic acids is 3. The number of nitrogens with one attached hydrogen (secondary N) is 1. The summed E-state index contributed by atoms with van der Waals surface area (Å²) in [5, 5.41) is 2.73. The van der Waals surface area contributed by atoms with Crippen molar-refractivity contribution in [2.75, 3.05) is 18.5 Å². The van der Waals surface area contributed by atoms with Crippen molar-refractivity contribution >= 4 is 23.5 Å². The molecule has 24 heavy (non-hydrogen) atoms. The zero-order valence-corrected chi connectivity index (χ0v) is 14.2. The standard InChI is InChI=1S/C18H23NO5/c1-4-13(3)14-8-6-7-9-15(14)19-16(20)12-24-18(22)11-10-17(21)23-5-2/h6-11,13H,4-5,12H2,1-3H3,(H,19,20)/b11-10+/t13-/m0/s1. The molecule has 0 fully saturated rings. The number of anilines is 1. The average molecular weight is 333 g/mol. The van der Waals surface area contributed by atoms with Crippen LogP contribution in [0.5, 0.6) is 0 Å². The molecule has 1 atom stereocenters. The molecule has 0 saturated carbocycles. The number of benzene rings is 1. The molecule has 0 unspecified atom stereocenters. The van der Waals surface area contributed by atoms with Gasteiger partial charge in [0.1, 0.15) is 0 Å². The Hall–Kier alpha value is -2.63. The summed E-state index contributed by atoms with van der Waals surface area (Å²) in [5.41, 5.74) is 1.73. The van der Waals surface area contributed by atoms with Gasteiger partial charge in [-0.2, -0.15) is 0 Å². The second-order valence-electron chi connectivity index (χ2n) is 5.14. The lowest BCUT2D eigenvalue weighted by Crippen LogP contribution is -2.21. The minimum atomic E-state index is -0.784. The topological polar surface area (TPSA) is 81.7 Å². The van der Waals surface area contributed by atoms with Crippen LogP contribution in [0.2, 0.25) is 0 Å². The summed E-state index contributed by atoms with van der Waals surface area (Å²) < 4.78 is 9.42. The van der Waals surface area contributed by atoms with Gasteiger partial charge in [-0.1, -0.05) is 32.0 Å². The summed E-state index contributed by atoms with van der Waals surface area (Å²) in [6, 6.07) is 7.51. The molecule has 6 nitrogen and oxygen atoms in total. The van der Waals surface area contributed by atoms with E-state index in [4.69, 9.17) is 4.74 Å². The van der Waals surface area contributed by atoms with Gasteiger partial charge in [0, 0.05) is 17.8 Å². The smallest absolute Gasteiger partial charge is 0.331 e. The molecule has 0 aliphatic heterocycles. The van der Waals surface area contributed by atoms with Gasteiger partial charge >= 0.3 is 11.9 Å². The number of hydrogen-bond acceptors (Lipinski definition) is 5. The van der Waals surface area contributed by atoms with Gasteiger partial charge in [-0.15, -0.1) is 0 Å². The van der Waals surface area contributed by atoms with Crippen molar-refractivity contribution in [1.82, 2.24) is 0 Å². The first-order valence-electron chi connectivity index (χ1n) is 7.88. The zero-order valence-electron chi connectivity index (χ0n) is 14.2. The van der Waals surface area contributed by atoms with Gasteiger partial charge in [-0.3, -0.25) is 4.79 Å². The monoisotopic (exact) mass is 333 g/mol. The first kappa shape index (κ1) is 19.4. The van der Waals surface area contributed by atoms with Crippen molar-refractivity contribution in [2.45, 2.75) is 33.1 Å². The lowest BCUT2D eigenvalue weighted by atomic mass is 9.97. The number of rotatable bonds is 8. The van der Waals surface area contributed by atoms with Crippen molar-refractivity contribution in [3.05, 3.63) is 42.0 Å². The van der Waals surface area contributed by atoms with Crippen LogP contribution in [0.25, 0.3) is 0 Å². The van der Waals surface area contributed by atoms with Crippen molar-refractivity contribution in [2.24, 2.45) is 0 Å². The van der Waals surface area contributed by atoms with Gasteiger partial charge in [0.15, 0.2) is 6.61 Å². The maximum absolute atomic E-state index is 11.9. The molecule has 0 radical (unpaired) electrons. The molecule has 1 amide bonds. The molecule has 1 aromatic carbocycles. The SMILES string of the molecule is CCOC(=O)/C=C/C(=O)OCC(=O)Nc1ccccc1[C@@H](C)CC. The predicted molar refractivity (Wildman–Crippen MR) is 90.5 cm³/mol. The number of carbonyl (C=O) groups is 3. The summed E-state index contributed by atoms with van der Waals surface area (Å²) in [5.74, 6) is -1.56. The van der Waals surface area contributed by atoms with E-state index in [1.807, 2.05) is 24.3 Å². The Morgan fingerprint density at radius 1 is 1.08 bits per heavy atom. The fourth-order valence-corrected chi connectivity index (χ4v) is 1.96. The lowest BCUT2D eigenvalue weighted by molar-refractivity contribution is -0.143. The fourth-order valence-electron chi connectivity index (χ4n) is 1.96. The third-order valence-electron chi connectivity index (χ3n) is 3.37. The molecule has 0 aliphatic rings. The molecule has 0 aliphatic carbocycles. The highest BCUT2D eigenvalue weighted by Gasteiger charge is 2.12. The van der Waals surface area contributed by atoms with Crippen LogP contribution in [0.1, 0.15) is 38.7 Å². The minimum Gasteiger partial charge on any atom is -0.463 e. The van der Waals surface area contributed by atoms with Crippen molar-refractivity contribution in [3.63, 3.8) is 0 Å². The summed E-state index contributed by atoms with van der Waals surface area (Å²) in [6.45, 7) is 5.59. The second-order valence-corrected chi connectivity index (χ2v) is 5.14. The number of hydrogen-bond donors (Lipinski definition) is 1. The van der Waals surface area contributed by atoms with E-state index in [2.05, 4.69) is 23.9 Å². The summed E-state index contributed by atoms with van der Waals surface area (Å²) in [7, 11) is 0. The predicted octanol–water partition coefficient (Wildman–Crippen LogP) is 2.80. The molecule has 0 heterocycles. The third-order valence-corrected chi connectivity index (χ3v) is 3.37. The number of amides is 1. The maximum Gasteiger partial charge on any atom is 0.331 e. The highest BCUT2D eigenvalue weighted by atomic mass is 16.5. The molecule has 1 rings (SSSR count). The lowest BCUT2D eigenvalue weighted by Gasteiger charge is -2.15. The van der Waals surface area contributed by atoms with E-state index in [-0.39, 0.29) is 6.61 Å². The second kappa shape index (κ2) is 10.2. The van der Waals surface area contributed by atoms with Crippen LogP contribution in [0.4, 0.5) is 5.69 Å². The molecule has 1 N–H and O–H groups in total. The first-order valence-corrected chi connectivity index (χ1v) is 7.88. The summed E-state index contributed by atoms with van der Waals surface area (Å²) >= 11 is 0. The van der Waals surface area contributed by atoms with E-state index < -0.39 is 24.5 Å². The highest BCUT2D eigenvalue weighted by molar-refractivity contribution is 5.96. The average Bonchev–Trinajstić information content (AvgIpc) is 2.58. The Bertz CT molecular complexity index is 609. The van der Waals surface area contributed by atoms with Crippen molar-refractivity contribution in [3.8, 4) is 0 Å². The molecular formula is C18H23NO5. The van der Waals surface area contributed by atoms with Crippen molar-refractivity contribution < 1.29 is 23.9 Å². The molecule has 130 valence electrons. The number of esters is 2. The quantitative estimate of drug-likeness (QED) is 0.584. The Morgan fingerprint density at radius 2 is 1.71 bits per heavy atom. The Kier molecular flexibility index (Phi) is 8.25. The molecular weight excluding hydrogens is 310 g/mol. The Morgan fingerprint density at radius 3 is 2.33 bits per heavy atom. The number of para-hydroxylation sites is 1. The molecule has 1 aromatic rings. The molecule has 0 aromatic heterocycles. The molecule has 0 saturated heterocycles. The summed E-state index contributed by atoms with van der Waals surface area (Å²) in [4.78, 5) is 34.4. The van der Waals surface area contributed by atoms with E-state index in [0.717, 1.165) is 24.1 Å². The van der Waals surface area contributed by atoms with Crippen LogP contribution in [0.15, 0.2) is 36.4 Å². The van der Waals surface area contributed by atoms with Crippen molar-refractivity contribution in [1.29, 1.82) is 0 Å². The molecule has 0 bridgehead atoms. The van der Waals surface area contributed by atoms with Crippen LogP contribution in [-0.4, -0.2) is 31.1 Å².